The fourth-order valence-corrected chi connectivity index (χ4v) is 2.22. The van der Waals surface area contributed by atoms with Gasteiger partial charge in [-0.25, -0.2) is 4.39 Å². The minimum atomic E-state index is -0.550. The van der Waals surface area contributed by atoms with E-state index in [-0.39, 0.29) is 22.5 Å². The van der Waals surface area contributed by atoms with Crippen molar-refractivity contribution in [3.8, 4) is 0 Å². The van der Waals surface area contributed by atoms with Crippen molar-refractivity contribution in [2.24, 2.45) is 0 Å². The van der Waals surface area contributed by atoms with Crippen LogP contribution in [0.1, 0.15) is 23.7 Å². The zero-order valence-corrected chi connectivity index (χ0v) is 11.0. The Bertz CT molecular complexity index is 449. The Morgan fingerprint density at radius 2 is 2.28 bits per heavy atom. The molecule has 0 atom stereocenters. The molecule has 0 spiro atoms. The van der Waals surface area contributed by atoms with Gasteiger partial charge in [-0.2, -0.15) is 0 Å². The number of hydrogen-bond acceptors (Lipinski definition) is 2. The Hall–Kier alpha value is -1.13. The molecule has 1 amide bonds. The summed E-state index contributed by atoms with van der Waals surface area (Å²) in [5.41, 5.74) is 0.247. The maximum absolute atomic E-state index is 13.4. The Balaban J connectivity index is 2.24. The number of hydrogen-bond donors (Lipinski definition) is 1. The van der Waals surface area contributed by atoms with E-state index in [2.05, 4.69) is 5.32 Å². The van der Waals surface area contributed by atoms with Crippen molar-refractivity contribution in [3.63, 3.8) is 0 Å². The molecular formula is C13H16ClFN2O. The standard InChI is InChI=1S/C13H16ClFN2O/c1-2-6-17(9-7-16-8-9)13(18)10-4-3-5-11(15)12(10)14/h3-5,9,16H,2,6-8H2,1H3. The SMILES string of the molecule is CCCN(C(=O)c1cccc(F)c1Cl)C1CNC1. The molecule has 1 aromatic rings. The summed E-state index contributed by atoms with van der Waals surface area (Å²) in [4.78, 5) is 14.2. The highest BCUT2D eigenvalue weighted by Gasteiger charge is 2.29. The van der Waals surface area contributed by atoms with E-state index in [0.29, 0.717) is 6.54 Å². The summed E-state index contributed by atoms with van der Waals surface area (Å²) in [6.45, 7) is 4.26. The Morgan fingerprint density at radius 1 is 1.56 bits per heavy atom. The summed E-state index contributed by atoms with van der Waals surface area (Å²) >= 11 is 5.86. The Morgan fingerprint density at radius 3 is 2.83 bits per heavy atom. The topological polar surface area (TPSA) is 32.3 Å². The van der Waals surface area contributed by atoms with E-state index < -0.39 is 5.82 Å². The quantitative estimate of drug-likeness (QED) is 0.911. The van der Waals surface area contributed by atoms with Crippen LogP contribution < -0.4 is 5.32 Å². The number of rotatable bonds is 4. The molecule has 0 aliphatic carbocycles. The van der Waals surface area contributed by atoms with Crippen LogP contribution in [0, 0.1) is 5.82 Å². The third kappa shape index (κ3) is 2.49. The van der Waals surface area contributed by atoms with E-state index in [1.807, 2.05) is 6.92 Å². The lowest BCUT2D eigenvalue weighted by Crippen LogP contribution is -2.59. The van der Waals surface area contributed by atoms with E-state index in [4.69, 9.17) is 11.6 Å². The summed E-state index contributed by atoms with van der Waals surface area (Å²) < 4.78 is 13.4. The first-order valence-corrected chi connectivity index (χ1v) is 6.48. The Kier molecular flexibility index (Phi) is 4.19. The van der Waals surface area contributed by atoms with Crippen LogP contribution in [0.5, 0.6) is 0 Å². The van der Waals surface area contributed by atoms with Crippen LogP contribution in [0.3, 0.4) is 0 Å². The zero-order chi connectivity index (χ0) is 13.1. The third-order valence-electron chi connectivity index (χ3n) is 3.11. The van der Waals surface area contributed by atoms with Gasteiger partial charge >= 0.3 is 0 Å². The van der Waals surface area contributed by atoms with Crippen molar-refractivity contribution in [2.75, 3.05) is 19.6 Å². The second-order valence-electron chi connectivity index (χ2n) is 4.41. The third-order valence-corrected chi connectivity index (χ3v) is 3.49. The molecule has 1 saturated heterocycles. The second-order valence-corrected chi connectivity index (χ2v) is 4.79. The van der Waals surface area contributed by atoms with Gasteiger partial charge in [-0.3, -0.25) is 4.79 Å². The van der Waals surface area contributed by atoms with Crippen molar-refractivity contribution in [1.82, 2.24) is 10.2 Å². The van der Waals surface area contributed by atoms with Gasteiger partial charge in [-0.05, 0) is 18.6 Å². The number of amides is 1. The number of carbonyl (C=O) groups is 1. The molecule has 1 fully saturated rings. The van der Waals surface area contributed by atoms with Gasteiger partial charge in [0.25, 0.3) is 5.91 Å². The summed E-state index contributed by atoms with van der Waals surface area (Å²) in [6.07, 6.45) is 0.870. The van der Waals surface area contributed by atoms with E-state index in [1.54, 1.807) is 11.0 Å². The molecule has 0 unspecified atom stereocenters. The summed E-state index contributed by atoms with van der Waals surface area (Å²) in [5, 5.41) is 3.04. The maximum atomic E-state index is 13.4. The van der Waals surface area contributed by atoms with Gasteiger partial charge in [0.05, 0.1) is 16.6 Å². The van der Waals surface area contributed by atoms with Crippen molar-refractivity contribution in [2.45, 2.75) is 19.4 Å². The fraction of sp³-hybridized carbons (Fsp3) is 0.462. The normalized spacial score (nSPS) is 15.3. The van der Waals surface area contributed by atoms with Crippen LogP contribution in [0.4, 0.5) is 4.39 Å². The predicted octanol–water partition coefficient (Wildman–Crippen LogP) is 2.30. The first-order chi connectivity index (χ1) is 8.65. The highest BCUT2D eigenvalue weighted by molar-refractivity contribution is 6.34. The molecule has 3 nitrogen and oxygen atoms in total. The van der Waals surface area contributed by atoms with Crippen molar-refractivity contribution in [3.05, 3.63) is 34.6 Å². The number of nitrogens with zero attached hydrogens (tertiary/aromatic N) is 1. The van der Waals surface area contributed by atoms with Crippen LogP contribution in [0.2, 0.25) is 5.02 Å². The molecule has 1 aliphatic rings. The van der Waals surface area contributed by atoms with Gasteiger partial charge < -0.3 is 10.2 Å². The van der Waals surface area contributed by atoms with Gasteiger partial charge in [0, 0.05) is 19.6 Å². The van der Waals surface area contributed by atoms with E-state index in [9.17, 15) is 9.18 Å². The minimum absolute atomic E-state index is 0.0871. The average molecular weight is 271 g/mol. The Labute approximate surface area is 111 Å². The van der Waals surface area contributed by atoms with Gasteiger partial charge in [0.15, 0.2) is 0 Å². The predicted molar refractivity (Wildman–Crippen MR) is 69.4 cm³/mol. The number of nitrogens with one attached hydrogen (secondary N) is 1. The summed E-state index contributed by atoms with van der Waals surface area (Å²) in [7, 11) is 0. The maximum Gasteiger partial charge on any atom is 0.255 e. The van der Waals surface area contributed by atoms with Gasteiger partial charge in [0.1, 0.15) is 5.82 Å². The first-order valence-electron chi connectivity index (χ1n) is 6.10. The molecule has 5 heteroatoms. The first kappa shape index (κ1) is 13.3. The highest BCUT2D eigenvalue weighted by Crippen LogP contribution is 2.22. The van der Waals surface area contributed by atoms with Gasteiger partial charge in [-0.15, -0.1) is 0 Å². The summed E-state index contributed by atoms with van der Waals surface area (Å²) in [5.74, 6) is -0.737. The molecular weight excluding hydrogens is 255 g/mol. The largest absolute Gasteiger partial charge is 0.333 e. The van der Waals surface area contributed by atoms with Gasteiger partial charge in [-0.1, -0.05) is 24.6 Å². The molecule has 1 aliphatic heterocycles. The molecule has 0 radical (unpaired) electrons. The lowest BCUT2D eigenvalue weighted by atomic mass is 10.1. The van der Waals surface area contributed by atoms with E-state index in [0.717, 1.165) is 19.5 Å². The monoisotopic (exact) mass is 270 g/mol. The zero-order valence-electron chi connectivity index (χ0n) is 10.2. The van der Waals surface area contributed by atoms with Crippen molar-refractivity contribution in [1.29, 1.82) is 0 Å². The number of carbonyl (C=O) groups excluding carboxylic acids is 1. The molecule has 98 valence electrons. The lowest BCUT2D eigenvalue weighted by Gasteiger charge is -2.38. The van der Waals surface area contributed by atoms with Crippen LogP contribution in [0.15, 0.2) is 18.2 Å². The van der Waals surface area contributed by atoms with Crippen molar-refractivity contribution >= 4 is 17.5 Å². The molecule has 1 N–H and O–H groups in total. The summed E-state index contributed by atoms with van der Waals surface area (Å²) in [6, 6.07) is 4.53. The molecule has 1 heterocycles. The smallest absolute Gasteiger partial charge is 0.255 e. The molecule has 18 heavy (non-hydrogen) atoms. The molecule has 1 aromatic carbocycles. The van der Waals surface area contributed by atoms with E-state index in [1.165, 1.54) is 12.1 Å². The molecule has 0 aromatic heterocycles. The fourth-order valence-electron chi connectivity index (χ4n) is 2.01. The number of benzene rings is 1. The second kappa shape index (κ2) is 5.67. The van der Waals surface area contributed by atoms with Crippen molar-refractivity contribution < 1.29 is 9.18 Å². The minimum Gasteiger partial charge on any atom is -0.333 e. The van der Waals surface area contributed by atoms with E-state index >= 15 is 0 Å². The van der Waals surface area contributed by atoms with Gasteiger partial charge in [0.2, 0.25) is 0 Å². The molecule has 2 rings (SSSR count). The molecule has 0 saturated carbocycles. The highest BCUT2D eigenvalue weighted by atomic mass is 35.5. The van der Waals surface area contributed by atoms with Crippen LogP contribution in [-0.2, 0) is 0 Å². The average Bonchev–Trinajstić information content (AvgIpc) is 2.29. The van der Waals surface area contributed by atoms with Crippen LogP contribution in [-0.4, -0.2) is 36.5 Å². The van der Waals surface area contributed by atoms with Crippen LogP contribution >= 0.6 is 11.6 Å². The number of halogens is 2. The van der Waals surface area contributed by atoms with Crippen LogP contribution in [0.25, 0.3) is 0 Å². The molecule has 0 bridgehead atoms. The lowest BCUT2D eigenvalue weighted by molar-refractivity contribution is 0.0615.